The summed E-state index contributed by atoms with van der Waals surface area (Å²) >= 11 is 7.41. The first-order valence-corrected chi connectivity index (χ1v) is 12.2. The molecule has 1 aliphatic heterocycles. The minimum absolute atomic E-state index is 0.155. The number of aryl methyl sites for hydroxylation is 2. The summed E-state index contributed by atoms with van der Waals surface area (Å²) in [5, 5.41) is 6.05. The van der Waals surface area contributed by atoms with Crippen molar-refractivity contribution in [3.05, 3.63) is 91.7 Å². The Kier molecular flexibility index (Phi) is 5.64. The fraction of sp³-hybridized carbons (Fsp3) is 0.192. The van der Waals surface area contributed by atoms with Crippen molar-refractivity contribution >= 4 is 28.8 Å². The summed E-state index contributed by atoms with van der Waals surface area (Å²) in [5.74, 6) is -0.165. The zero-order chi connectivity index (χ0) is 23.1. The van der Waals surface area contributed by atoms with Gasteiger partial charge in [0.2, 0.25) is 0 Å². The lowest BCUT2D eigenvalue weighted by molar-refractivity contribution is 0.0966. The first-order valence-electron chi connectivity index (χ1n) is 10.9. The molecule has 0 aliphatic carbocycles. The van der Waals surface area contributed by atoms with Crippen LogP contribution >= 0.6 is 22.9 Å². The van der Waals surface area contributed by atoms with Crippen molar-refractivity contribution in [3.63, 3.8) is 0 Å². The maximum absolute atomic E-state index is 13.9. The van der Waals surface area contributed by atoms with Crippen LogP contribution in [0.15, 0.2) is 58.7 Å². The highest BCUT2D eigenvalue weighted by atomic mass is 35.5. The highest BCUT2D eigenvalue weighted by Gasteiger charge is 2.28. The third kappa shape index (κ3) is 3.69. The first-order chi connectivity index (χ1) is 16.0. The Hall–Kier alpha value is -3.22. The van der Waals surface area contributed by atoms with E-state index in [-0.39, 0.29) is 11.5 Å². The minimum Gasteiger partial charge on any atom is -0.346 e. The molecule has 5 nitrogen and oxygen atoms in total. The van der Waals surface area contributed by atoms with Gasteiger partial charge in [-0.1, -0.05) is 55.8 Å². The number of carbonyl (C=O) groups excluding carboxylic acids is 1. The third-order valence-corrected chi connectivity index (χ3v) is 7.15. The second kappa shape index (κ2) is 8.61. The molecule has 0 spiro atoms. The van der Waals surface area contributed by atoms with Gasteiger partial charge in [-0.25, -0.2) is 4.98 Å². The van der Waals surface area contributed by atoms with E-state index in [9.17, 15) is 9.59 Å². The monoisotopic (exact) mass is 475 g/mol. The lowest BCUT2D eigenvalue weighted by Gasteiger charge is -2.19. The normalized spacial score (nSPS) is 12.6. The van der Waals surface area contributed by atoms with E-state index >= 15 is 0 Å². The Bertz CT molecular complexity index is 1410. The molecule has 166 valence electrons. The molecule has 2 aromatic heterocycles. The highest BCUT2D eigenvalue weighted by Crippen LogP contribution is 2.31. The van der Waals surface area contributed by atoms with Gasteiger partial charge in [0.1, 0.15) is 5.01 Å². The van der Waals surface area contributed by atoms with Crippen LogP contribution in [0.25, 0.3) is 27.5 Å². The van der Waals surface area contributed by atoms with Crippen molar-refractivity contribution in [2.75, 3.05) is 0 Å². The number of halogens is 1. The van der Waals surface area contributed by atoms with E-state index in [0.717, 1.165) is 40.9 Å². The Morgan fingerprint density at radius 1 is 1.03 bits per heavy atom. The molecule has 1 aliphatic rings. The molecule has 5 rings (SSSR count). The molecule has 0 atom stereocenters. The Balaban J connectivity index is 1.75. The van der Waals surface area contributed by atoms with Crippen LogP contribution in [0.4, 0.5) is 0 Å². The topological polar surface area (TPSA) is 64.0 Å². The van der Waals surface area contributed by atoms with Crippen molar-refractivity contribution in [1.82, 2.24) is 14.9 Å². The van der Waals surface area contributed by atoms with Gasteiger partial charge in [0, 0.05) is 16.0 Å². The van der Waals surface area contributed by atoms with Crippen LogP contribution in [0.2, 0.25) is 5.02 Å². The van der Waals surface area contributed by atoms with E-state index in [0.29, 0.717) is 33.4 Å². The van der Waals surface area contributed by atoms with Crippen molar-refractivity contribution in [3.8, 4) is 27.5 Å². The number of fused-ring (bicyclic) bond motifs is 1. The van der Waals surface area contributed by atoms with Gasteiger partial charge >= 0.3 is 0 Å². The minimum atomic E-state index is -0.165. The predicted molar refractivity (Wildman–Crippen MR) is 134 cm³/mol. The summed E-state index contributed by atoms with van der Waals surface area (Å²) in [5.41, 5.74) is 6.25. The molecule has 0 saturated carbocycles. The molecule has 4 aromatic rings. The van der Waals surface area contributed by atoms with E-state index in [1.807, 2.05) is 47.8 Å². The van der Waals surface area contributed by atoms with Crippen LogP contribution in [0.5, 0.6) is 0 Å². The van der Waals surface area contributed by atoms with E-state index in [1.165, 1.54) is 11.3 Å². The highest BCUT2D eigenvalue weighted by molar-refractivity contribution is 7.13. The number of rotatable bonds is 5. The van der Waals surface area contributed by atoms with Gasteiger partial charge in [0.05, 0.1) is 34.7 Å². The molecule has 1 amide bonds. The van der Waals surface area contributed by atoms with Gasteiger partial charge in [-0.3, -0.25) is 14.2 Å². The Morgan fingerprint density at radius 2 is 1.73 bits per heavy atom. The summed E-state index contributed by atoms with van der Waals surface area (Å²) in [6, 6.07) is 15.3. The fourth-order valence-corrected chi connectivity index (χ4v) is 5.29. The second-order valence-electron chi connectivity index (χ2n) is 7.92. The van der Waals surface area contributed by atoms with Crippen LogP contribution in [0.3, 0.4) is 0 Å². The number of para-hydroxylation sites is 1. The van der Waals surface area contributed by atoms with Crippen LogP contribution in [0.1, 0.15) is 41.0 Å². The number of nitrogens with zero attached hydrogens (tertiary/aromatic N) is 2. The molecule has 1 N–H and O–H groups in total. The molecular formula is C26H22ClN3O2S. The van der Waals surface area contributed by atoms with Crippen LogP contribution in [-0.4, -0.2) is 15.5 Å². The van der Waals surface area contributed by atoms with Crippen LogP contribution < -0.4 is 10.9 Å². The van der Waals surface area contributed by atoms with E-state index < -0.39 is 0 Å². The maximum Gasteiger partial charge on any atom is 0.265 e. The molecule has 0 bridgehead atoms. The summed E-state index contributed by atoms with van der Waals surface area (Å²) in [4.78, 5) is 31.3. The van der Waals surface area contributed by atoms with Crippen molar-refractivity contribution < 1.29 is 4.79 Å². The van der Waals surface area contributed by atoms with Crippen LogP contribution in [0, 0.1) is 0 Å². The van der Waals surface area contributed by atoms with Crippen LogP contribution in [-0.2, 0) is 19.4 Å². The second-order valence-corrected chi connectivity index (χ2v) is 9.21. The summed E-state index contributed by atoms with van der Waals surface area (Å²) in [6.07, 6.45) is 1.57. The summed E-state index contributed by atoms with van der Waals surface area (Å²) in [7, 11) is 0. The zero-order valence-electron chi connectivity index (χ0n) is 18.3. The van der Waals surface area contributed by atoms with Gasteiger partial charge < -0.3 is 5.32 Å². The molecule has 0 saturated heterocycles. The third-order valence-electron chi connectivity index (χ3n) is 6.03. The number of hydrogen-bond donors (Lipinski definition) is 1. The molecule has 7 heteroatoms. The number of benzene rings is 2. The van der Waals surface area contributed by atoms with Crippen molar-refractivity contribution in [2.24, 2.45) is 0 Å². The summed E-state index contributed by atoms with van der Waals surface area (Å²) < 4.78 is 1.74. The Labute approximate surface area is 200 Å². The average molecular weight is 476 g/mol. The molecule has 0 unspecified atom stereocenters. The average Bonchev–Trinajstić information content (AvgIpc) is 3.46. The quantitative estimate of drug-likeness (QED) is 0.405. The predicted octanol–water partition coefficient (Wildman–Crippen LogP) is 5.65. The molecule has 0 radical (unpaired) electrons. The van der Waals surface area contributed by atoms with E-state index in [4.69, 9.17) is 16.6 Å². The zero-order valence-corrected chi connectivity index (χ0v) is 19.9. The number of aromatic nitrogens is 2. The summed E-state index contributed by atoms with van der Waals surface area (Å²) in [6.45, 7) is 4.49. The number of carbonyl (C=O) groups is 1. The standard InChI is InChI=1S/C26H22ClN3O2S/c1-3-15-6-5-7-16(4-2)23(15)30-22-13-28-24(31)19(22)12-20(26(30)32)25-29-21(14-33-25)17-8-10-18(27)11-9-17/h5-12,14H,3-4,13H2,1-2H3,(H,28,31). The maximum atomic E-state index is 13.9. The van der Waals surface area contributed by atoms with Gasteiger partial charge in [-0.15, -0.1) is 11.3 Å². The van der Waals surface area contributed by atoms with E-state index in [1.54, 1.807) is 10.6 Å². The first kappa shape index (κ1) is 21.6. The van der Waals surface area contributed by atoms with Crippen molar-refractivity contribution in [2.45, 2.75) is 33.2 Å². The van der Waals surface area contributed by atoms with Gasteiger partial charge in [0.25, 0.3) is 11.5 Å². The molecule has 3 heterocycles. The Morgan fingerprint density at radius 3 is 2.39 bits per heavy atom. The molecule has 33 heavy (non-hydrogen) atoms. The lowest BCUT2D eigenvalue weighted by atomic mass is 10.0. The van der Waals surface area contributed by atoms with Gasteiger partial charge in [-0.2, -0.15) is 0 Å². The number of thiazole rings is 1. The number of nitrogens with one attached hydrogen (secondary N) is 1. The number of pyridine rings is 1. The lowest BCUT2D eigenvalue weighted by Crippen LogP contribution is -2.26. The fourth-order valence-electron chi connectivity index (χ4n) is 4.33. The molecule has 2 aromatic carbocycles. The van der Waals surface area contributed by atoms with Gasteiger partial charge in [0.15, 0.2) is 0 Å². The number of amides is 1. The SMILES string of the molecule is CCc1cccc(CC)c1-n1c2c(cc(-c3nc(-c4ccc(Cl)cc4)cs3)c1=O)C(=O)NC2. The number of hydrogen-bond acceptors (Lipinski definition) is 4. The molecule has 0 fully saturated rings. The van der Waals surface area contributed by atoms with Gasteiger partial charge in [-0.05, 0) is 42.2 Å². The largest absolute Gasteiger partial charge is 0.346 e. The smallest absolute Gasteiger partial charge is 0.265 e. The molecular weight excluding hydrogens is 454 g/mol. The van der Waals surface area contributed by atoms with E-state index in [2.05, 4.69) is 19.2 Å². The van der Waals surface area contributed by atoms with Crippen molar-refractivity contribution in [1.29, 1.82) is 0 Å².